The van der Waals surface area contributed by atoms with Crippen LogP contribution in [0.25, 0.3) is 0 Å². The second-order valence-electron chi connectivity index (χ2n) is 4.63. The van der Waals surface area contributed by atoms with Crippen LogP contribution in [-0.4, -0.2) is 31.2 Å². The molecular formula is C11H22O3. The molecule has 0 saturated heterocycles. The highest BCUT2D eigenvalue weighted by Gasteiger charge is 2.10. The van der Waals surface area contributed by atoms with Crippen molar-refractivity contribution in [2.24, 2.45) is 5.92 Å². The van der Waals surface area contributed by atoms with Crippen LogP contribution < -0.4 is 0 Å². The summed E-state index contributed by atoms with van der Waals surface area (Å²) >= 11 is 0. The molecule has 0 unspecified atom stereocenters. The summed E-state index contributed by atoms with van der Waals surface area (Å²) in [5.41, 5.74) is -0.134. The average Bonchev–Trinajstić information content (AvgIpc) is 2.01. The van der Waals surface area contributed by atoms with E-state index >= 15 is 0 Å². The number of Topliss-reactive ketones (excluding diaryl/α,β-unsaturated/α-hetero) is 1. The molecule has 3 nitrogen and oxygen atoms in total. The normalized spacial score (nSPS) is 12.1. The molecule has 0 amide bonds. The first-order valence-electron chi connectivity index (χ1n) is 5.07. The molecule has 0 aromatic heterocycles. The molecule has 0 radical (unpaired) electrons. The molecule has 0 bridgehead atoms. The van der Waals surface area contributed by atoms with Crippen LogP contribution in [0.4, 0.5) is 0 Å². The number of carbonyl (C=O) groups excluding carboxylic acids is 1. The topological polar surface area (TPSA) is 35.5 Å². The Morgan fingerprint density at radius 2 is 1.79 bits per heavy atom. The second kappa shape index (κ2) is 6.14. The van der Waals surface area contributed by atoms with Gasteiger partial charge >= 0.3 is 0 Å². The fourth-order valence-corrected chi connectivity index (χ4v) is 0.746. The number of hydrogen-bond donors (Lipinski definition) is 0. The summed E-state index contributed by atoms with van der Waals surface area (Å²) < 4.78 is 10.6. The van der Waals surface area contributed by atoms with Gasteiger partial charge in [0.05, 0.1) is 18.8 Å². The van der Waals surface area contributed by atoms with Crippen molar-refractivity contribution in [2.45, 2.75) is 40.2 Å². The quantitative estimate of drug-likeness (QED) is 0.618. The minimum Gasteiger partial charge on any atom is -0.373 e. The Balaban J connectivity index is 3.35. The molecule has 0 aromatic carbocycles. The minimum atomic E-state index is -0.134. The zero-order chi connectivity index (χ0) is 11.2. The van der Waals surface area contributed by atoms with E-state index in [9.17, 15) is 4.79 Å². The van der Waals surface area contributed by atoms with Crippen LogP contribution in [0.3, 0.4) is 0 Å². The van der Waals surface area contributed by atoms with Crippen molar-refractivity contribution in [3.8, 4) is 0 Å². The van der Waals surface area contributed by atoms with Gasteiger partial charge in [0.1, 0.15) is 6.61 Å². The third kappa shape index (κ3) is 8.20. The zero-order valence-electron chi connectivity index (χ0n) is 9.92. The van der Waals surface area contributed by atoms with Crippen LogP contribution >= 0.6 is 0 Å². The Labute approximate surface area is 86.8 Å². The first-order chi connectivity index (χ1) is 6.33. The smallest absolute Gasteiger partial charge is 0.160 e. The molecule has 0 aliphatic heterocycles. The molecule has 0 spiro atoms. The zero-order valence-corrected chi connectivity index (χ0v) is 9.92. The van der Waals surface area contributed by atoms with Gasteiger partial charge in [-0.3, -0.25) is 4.79 Å². The largest absolute Gasteiger partial charge is 0.373 e. The van der Waals surface area contributed by atoms with Gasteiger partial charge in [0.15, 0.2) is 5.78 Å². The van der Waals surface area contributed by atoms with Gasteiger partial charge in [-0.1, -0.05) is 13.8 Å². The molecule has 0 aliphatic rings. The number of carbonyl (C=O) groups is 1. The standard InChI is InChI=1S/C11H22O3/c1-9(2)10(12)8-13-6-7-14-11(3,4)5/h9H,6-8H2,1-5H3. The number of ketones is 1. The predicted octanol–water partition coefficient (Wildman–Crippen LogP) is 2.04. The maximum atomic E-state index is 11.1. The molecule has 0 fully saturated rings. The number of hydrogen-bond acceptors (Lipinski definition) is 3. The summed E-state index contributed by atoms with van der Waals surface area (Å²) in [6.07, 6.45) is 0. The summed E-state index contributed by atoms with van der Waals surface area (Å²) in [5, 5.41) is 0. The van der Waals surface area contributed by atoms with Crippen LogP contribution in [0.15, 0.2) is 0 Å². The van der Waals surface area contributed by atoms with E-state index in [4.69, 9.17) is 9.47 Å². The molecule has 14 heavy (non-hydrogen) atoms. The summed E-state index contributed by atoms with van der Waals surface area (Å²) in [6.45, 7) is 10.9. The van der Waals surface area contributed by atoms with E-state index in [-0.39, 0.29) is 23.9 Å². The monoisotopic (exact) mass is 202 g/mol. The van der Waals surface area contributed by atoms with Crippen molar-refractivity contribution < 1.29 is 14.3 Å². The first kappa shape index (κ1) is 13.6. The lowest BCUT2D eigenvalue weighted by molar-refractivity contribution is -0.127. The fraction of sp³-hybridized carbons (Fsp3) is 0.909. The van der Waals surface area contributed by atoms with Crippen molar-refractivity contribution in [1.29, 1.82) is 0 Å². The SMILES string of the molecule is CC(C)C(=O)COCCOC(C)(C)C. The number of rotatable bonds is 6. The Hall–Kier alpha value is -0.410. The van der Waals surface area contributed by atoms with Crippen LogP contribution in [-0.2, 0) is 14.3 Å². The van der Waals surface area contributed by atoms with Gasteiger partial charge in [-0.05, 0) is 20.8 Å². The van der Waals surface area contributed by atoms with E-state index in [1.54, 1.807) is 0 Å². The highest BCUT2D eigenvalue weighted by molar-refractivity contribution is 5.81. The van der Waals surface area contributed by atoms with Gasteiger partial charge in [0, 0.05) is 5.92 Å². The van der Waals surface area contributed by atoms with Crippen LogP contribution in [0, 0.1) is 5.92 Å². The van der Waals surface area contributed by atoms with Gasteiger partial charge in [-0.15, -0.1) is 0 Å². The first-order valence-corrected chi connectivity index (χ1v) is 5.07. The predicted molar refractivity (Wildman–Crippen MR) is 56.4 cm³/mol. The second-order valence-corrected chi connectivity index (χ2v) is 4.63. The summed E-state index contributed by atoms with van der Waals surface area (Å²) in [7, 11) is 0. The van der Waals surface area contributed by atoms with Crippen molar-refractivity contribution in [3.05, 3.63) is 0 Å². The minimum absolute atomic E-state index is 0.0542. The molecule has 0 aliphatic carbocycles. The van der Waals surface area contributed by atoms with Gasteiger partial charge in [0.25, 0.3) is 0 Å². The molecule has 0 atom stereocenters. The molecule has 0 N–H and O–H groups in total. The third-order valence-electron chi connectivity index (χ3n) is 1.65. The lowest BCUT2D eigenvalue weighted by Gasteiger charge is -2.19. The van der Waals surface area contributed by atoms with E-state index in [2.05, 4.69) is 0 Å². The van der Waals surface area contributed by atoms with Gasteiger partial charge < -0.3 is 9.47 Å². The molecule has 84 valence electrons. The lowest BCUT2D eigenvalue weighted by Crippen LogP contribution is -2.23. The Bertz CT molecular complexity index is 168. The van der Waals surface area contributed by atoms with E-state index in [0.29, 0.717) is 13.2 Å². The maximum Gasteiger partial charge on any atom is 0.160 e. The van der Waals surface area contributed by atoms with E-state index in [1.807, 2.05) is 34.6 Å². The Morgan fingerprint density at radius 1 is 1.21 bits per heavy atom. The molecule has 0 heterocycles. The van der Waals surface area contributed by atoms with E-state index < -0.39 is 0 Å². The molecular weight excluding hydrogens is 180 g/mol. The van der Waals surface area contributed by atoms with E-state index in [0.717, 1.165) is 0 Å². The number of ether oxygens (including phenoxy) is 2. The summed E-state index contributed by atoms with van der Waals surface area (Å²) in [4.78, 5) is 11.1. The molecule has 3 heteroatoms. The van der Waals surface area contributed by atoms with Gasteiger partial charge in [-0.2, -0.15) is 0 Å². The molecule has 0 saturated carbocycles. The Morgan fingerprint density at radius 3 is 2.21 bits per heavy atom. The van der Waals surface area contributed by atoms with Crippen LogP contribution in [0.5, 0.6) is 0 Å². The summed E-state index contributed by atoms with van der Waals surface area (Å²) in [5.74, 6) is 0.194. The van der Waals surface area contributed by atoms with Crippen molar-refractivity contribution in [3.63, 3.8) is 0 Å². The summed E-state index contributed by atoms with van der Waals surface area (Å²) in [6, 6.07) is 0. The van der Waals surface area contributed by atoms with Gasteiger partial charge in [-0.25, -0.2) is 0 Å². The lowest BCUT2D eigenvalue weighted by atomic mass is 10.1. The van der Waals surface area contributed by atoms with Crippen molar-refractivity contribution in [1.82, 2.24) is 0 Å². The average molecular weight is 202 g/mol. The molecule has 0 rings (SSSR count). The van der Waals surface area contributed by atoms with E-state index in [1.165, 1.54) is 0 Å². The van der Waals surface area contributed by atoms with Crippen molar-refractivity contribution in [2.75, 3.05) is 19.8 Å². The van der Waals surface area contributed by atoms with Crippen molar-refractivity contribution >= 4 is 5.78 Å². The third-order valence-corrected chi connectivity index (χ3v) is 1.65. The fourth-order valence-electron chi connectivity index (χ4n) is 0.746. The maximum absolute atomic E-state index is 11.1. The van der Waals surface area contributed by atoms with Crippen LogP contribution in [0.1, 0.15) is 34.6 Å². The highest BCUT2D eigenvalue weighted by Crippen LogP contribution is 2.05. The van der Waals surface area contributed by atoms with Gasteiger partial charge in [0.2, 0.25) is 0 Å². The van der Waals surface area contributed by atoms with Crippen LogP contribution in [0.2, 0.25) is 0 Å². The highest BCUT2D eigenvalue weighted by atomic mass is 16.5. The molecule has 0 aromatic rings. The Kier molecular flexibility index (Phi) is 5.96.